The van der Waals surface area contributed by atoms with Crippen LogP contribution in [0.3, 0.4) is 0 Å². The molecule has 1 unspecified atom stereocenters. The van der Waals surface area contributed by atoms with Crippen LogP contribution in [0.15, 0.2) is 18.2 Å². The molecule has 0 spiro atoms. The summed E-state index contributed by atoms with van der Waals surface area (Å²) in [5.74, 6) is 0.673. The molecule has 1 rings (SSSR count). The van der Waals surface area contributed by atoms with Gasteiger partial charge in [0.25, 0.3) is 0 Å². The highest BCUT2D eigenvalue weighted by Crippen LogP contribution is 2.28. The Kier molecular flexibility index (Phi) is 5.61. The monoisotopic (exact) mass is 272 g/mol. The molecular formula is C15H22ClFO. The maximum atomic E-state index is 13.0. The molecule has 0 radical (unpaired) electrons. The summed E-state index contributed by atoms with van der Waals surface area (Å²) < 4.78 is 13.0. The lowest BCUT2D eigenvalue weighted by Crippen LogP contribution is -2.31. The first kappa shape index (κ1) is 15.5. The molecule has 1 atom stereocenters. The number of rotatable bonds is 5. The fraction of sp³-hybridized carbons (Fsp3) is 0.600. The van der Waals surface area contributed by atoms with Crippen LogP contribution in [0.2, 0.25) is 5.02 Å². The van der Waals surface area contributed by atoms with Gasteiger partial charge in [-0.3, -0.25) is 0 Å². The Morgan fingerprint density at radius 3 is 2.17 bits per heavy atom. The minimum atomic E-state index is -0.451. The lowest BCUT2D eigenvalue weighted by molar-refractivity contribution is 0.0536. The van der Waals surface area contributed by atoms with Gasteiger partial charge in [-0.15, -0.1) is 0 Å². The Morgan fingerprint density at radius 1 is 1.17 bits per heavy atom. The molecule has 0 amide bonds. The molecule has 0 aliphatic heterocycles. The summed E-state index contributed by atoms with van der Waals surface area (Å²) in [6.07, 6.45) is 0.0214. The molecule has 3 heteroatoms. The Hall–Kier alpha value is -0.600. The first-order chi connectivity index (χ1) is 8.32. The zero-order valence-electron chi connectivity index (χ0n) is 11.5. The average molecular weight is 273 g/mol. The molecule has 0 aromatic heterocycles. The SMILES string of the molecule is CC(C)C(C(C)C)C(O)Cc1ccc(F)cc1Cl. The maximum Gasteiger partial charge on any atom is 0.124 e. The minimum Gasteiger partial charge on any atom is -0.392 e. The van der Waals surface area contributed by atoms with Crippen LogP contribution < -0.4 is 0 Å². The van der Waals surface area contributed by atoms with Crippen molar-refractivity contribution in [2.24, 2.45) is 17.8 Å². The first-order valence-corrected chi connectivity index (χ1v) is 6.82. The fourth-order valence-electron chi connectivity index (χ4n) is 2.71. The molecule has 102 valence electrons. The van der Waals surface area contributed by atoms with E-state index >= 15 is 0 Å². The normalized spacial score (nSPS) is 13.7. The predicted molar refractivity (Wildman–Crippen MR) is 74.3 cm³/mol. The zero-order chi connectivity index (χ0) is 13.9. The molecule has 0 aliphatic rings. The van der Waals surface area contributed by atoms with Gasteiger partial charge < -0.3 is 5.11 Å². The molecule has 1 aromatic carbocycles. The molecule has 0 aliphatic carbocycles. The van der Waals surface area contributed by atoms with Crippen LogP contribution in [0.25, 0.3) is 0 Å². The van der Waals surface area contributed by atoms with E-state index in [-0.39, 0.29) is 11.7 Å². The maximum absolute atomic E-state index is 13.0. The molecule has 0 bridgehead atoms. The zero-order valence-corrected chi connectivity index (χ0v) is 12.2. The molecule has 0 fully saturated rings. The fourth-order valence-corrected chi connectivity index (χ4v) is 2.95. The summed E-state index contributed by atoms with van der Waals surface area (Å²) in [5.41, 5.74) is 0.803. The van der Waals surface area contributed by atoms with Gasteiger partial charge in [-0.05, 0) is 35.4 Å². The van der Waals surface area contributed by atoms with Gasteiger partial charge in [0.2, 0.25) is 0 Å². The average Bonchev–Trinajstić information content (AvgIpc) is 2.21. The number of hydrogen-bond acceptors (Lipinski definition) is 1. The molecular weight excluding hydrogens is 251 g/mol. The molecule has 1 aromatic rings. The van der Waals surface area contributed by atoms with Gasteiger partial charge >= 0.3 is 0 Å². The number of hydrogen-bond donors (Lipinski definition) is 1. The van der Waals surface area contributed by atoms with Gasteiger partial charge in [0.15, 0.2) is 0 Å². The van der Waals surface area contributed by atoms with Crippen LogP contribution in [0, 0.1) is 23.6 Å². The Balaban J connectivity index is 2.82. The van der Waals surface area contributed by atoms with Crippen molar-refractivity contribution < 1.29 is 9.50 Å². The van der Waals surface area contributed by atoms with Crippen molar-refractivity contribution in [3.63, 3.8) is 0 Å². The Labute approximate surface area is 114 Å². The van der Waals surface area contributed by atoms with Gasteiger partial charge in [0.05, 0.1) is 6.10 Å². The van der Waals surface area contributed by atoms with E-state index in [0.29, 0.717) is 23.3 Å². The summed E-state index contributed by atoms with van der Waals surface area (Å²) >= 11 is 5.99. The number of benzene rings is 1. The van der Waals surface area contributed by atoms with Crippen LogP contribution in [0.5, 0.6) is 0 Å². The highest BCUT2D eigenvalue weighted by Gasteiger charge is 2.26. The second kappa shape index (κ2) is 6.53. The van der Waals surface area contributed by atoms with Crippen molar-refractivity contribution in [1.29, 1.82) is 0 Å². The van der Waals surface area contributed by atoms with Crippen LogP contribution in [-0.4, -0.2) is 11.2 Å². The predicted octanol–water partition coefficient (Wildman–Crippen LogP) is 4.31. The topological polar surface area (TPSA) is 20.2 Å². The van der Waals surface area contributed by atoms with Gasteiger partial charge in [-0.2, -0.15) is 0 Å². The third kappa shape index (κ3) is 3.96. The van der Waals surface area contributed by atoms with Crippen molar-refractivity contribution in [3.8, 4) is 0 Å². The van der Waals surface area contributed by atoms with Crippen LogP contribution in [0.4, 0.5) is 4.39 Å². The highest BCUT2D eigenvalue weighted by molar-refractivity contribution is 6.31. The van der Waals surface area contributed by atoms with E-state index in [1.807, 2.05) is 0 Å². The van der Waals surface area contributed by atoms with E-state index in [9.17, 15) is 9.50 Å². The third-order valence-electron chi connectivity index (χ3n) is 3.43. The van der Waals surface area contributed by atoms with Crippen LogP contribution >= 0.6 is 11.6 Å². The smallest absolute Gasteiger partial charge is 0.124 e. The van der Waals surface area contributed by atoms with Gasteiger partial charge in [-0.25, -0.2) is 4.39 Å². The van der Waals surface area contributed by atoms with Crippen molar-refractivity contribution in [3.05, 3.63) is 34.6 Å². The molecule has 1 N–H and O–H groups in total. The van der Waals surface area contributed by atoms with Crippen molar-refractivity contribution >= 4 is 11.6 Å². The third-order valence-corrected chi connectivity index (χ3v) is 3.78. The Morgan fingerprint density at radius 2 is 1.72 bits per heavy atom. The first-order valence-electron chi connectivity index (χ1n) is 6.45. The van der Waals surface area contributed by atoms with Crippen molar-refractivity contribution in [2.75, 3.05) is 0 Å². The molecule has 0 heterocycles. The number of aliphatic hydroxyl groups is 1. The van der Waals surface area contributed by atoms with E-state index in [4.69, 9.17) is 11.6 Å². The standard InChI is InChI=1S/C15H22ClFO/c1-9(2)15(10(3)4)14(18)7-11-5-6-12(17)8-13(11)16/h5-6,8-10,14-15,18H,7H2,1-4H3. The summed E-state index contributed by atoms with van der Waals surface area (Å²) in [6.45, 7) is 8.45. The second-order valence-electron chi connectivity index (χ2n) is 5.57. The highest BCUT2D eigenvalue weighted by atomic mass is 35.5. The van der Waals surface area contributed by atoms with E-state index in [1.165, 1.54) is 12.1 Å². The summed E-state index contributed by atoms with van der Waals surface area (Å²) in [4.78, 5) is 0. The lowest BCUT2D eigenvalue weighted by Gasteiger charge is -2.30. The Bertz CT molecular complexity index is 382. The molecule has 0 saturated carbocycles. The van der Waals surface area contributed by atoms with Gasteiger partial charge in [0.1, 0.15) is 5.82 Å². The van der Waals surface area contributed by atoms with Crippen LogP contribution in [-0.2, 0) is 6.42 Å². The van der Waals surface area contributed by atoms with E-state index in [1.54, 1.807) is 6.07 Å². The van der Waals surface area contributed by atoms with E-state index in [2.05, 4.69) is 27.7 Å². The van der Waals surface area contributed by atoms with E-state index in [0.717, 1.165) is 5.56 Å². The summed E-state index contributed by atoms with van der Waals surface area (Å²) in [5, 5.41) is 10.7. The van der Waals surface area contributed by atoms with E-state index < -0.39 is 6.10 Å². The quantitative estimate of drug-likeness (QED) is 0.847. The summed E-state index contributed by atoms with van der Waals surface area (Å²) in [6, 6.07) is 4.33. The second-order valence-corrected chi connectivity index (χ2v) is 5.98. The van der Waals surface area contributed by atoms with Gasteiger partial charge in [-0.1, -0.05) is 45.4 Å². The van der Waals surface area contributed by atoms with Crippen molar-refractivity contribution in [2.45, 2.75) is 40.2 Å². The number of aliphatic hydroxyl groups excluding tert-OH is 1. The van der Waals surface area contributed by atoms with Crippen LogP contribution in [0.1, 0.15) is 33.3 Å². The molecule has 18 heavy (non-hydrogen) atoms. The molecule has 0 saturated heterocycles. The summed E-state index contributed by atoms with van der Waals surface area (Å²) in [7, 11) is 0. The minimum absolute atomic E-state index is 0.214. The lowest BCUT2D eigenvalue weighted by atomic mass is 9.79. The number of halogens is 2. The largest absolute Gasteiger partial charge is 0.392 e. The van der Waals surface area contributed by atoms with Crippen molar-refractivity contribution in [1.82, 2.24) is 0 Å². The molecule has 1 nitrogen and oxygen atoms in total. The van der Waals surface area contributed by atoms with Gasteiger partial charge in [0, 0.05) is 11.4 Å².